The van der Waals surface area contributed by atoms with Crippen LogP contribution in [0.3, 0.4) is 0 Å². The number of hydrogen-bond acceptors (Lipinski definition) is 4. The average molecular weight is 214 g/mol. The molecule has 0 radical (unpaired) electrons. The van der Waals surface area contributed by atoms with Gasteiger partial charge in [0, 0.05) is 5.69 Å². The van der Waals surface area contributed by atoms with Crippen molar-refractivity contribution in [2.75, 3.05) is 0 Å². The number of nitrogens with zero attached hydrogens (tertiary/aromatic N) is 4. The lowest BCUT2D eigenvalue weighted by molar-refractivity contribution is 0.940. The van der Waals surface area contributed by atoms with Gasteiger partial charge in [-0.25, -0.2) is 4.98 Å². The molecule has 0 bridgehead atoms. The SMILES string of the molecule is Cc1cc(C)c2c(-c3cn[nH]n3)[nH]nc2n1. The minimum Gasteiger partial charge on any atom is -0.273 e. The summed E-state index contributed by atoms with van der Waals surface area (Å²) in [6, 6.07) is 2.03. The molecular formula is C10H10N6. The molecule has 0 aliphatic rings. The van der Waals surface area contributed by atoms with Crippen molar-refractivity contribution in [1.29, 1.82) is 0 Å². The first kappa shape index (κ1) is 9.02. The minimum absolute atomic E-state index is 0.718. The Hall–Kier alpha value is -2.24. The third-order valence-corrected chi connectivity index (χ3v) is 2.52. The van der Waals surface area contributed by atoms with E-state index in [4.69, 9.17) is 0 Å². The Balaban J connectivity index is 2.36. The number of nitrogens with one attached hydrogen (secondary N) is 2. The zero-order chi connectivity index (χ0) is 11.1. The number of H-pyrrole nitrogens is 2. The molecule has 3 aromatic rings. The Kier molecular flexibility index (Phi) is 1.76. The Bertz CT molecular complexity index is 637. The van der Waals surface area contributed by atoms with Crippen molar-refractivity contribution in [3.63, 3.8) is 0 Å². The summed E-state index contributed by atoms with van der Waals surface area (Å²) in [5.74, 6) is 0. The molecule has 0 saturated carbocycles. The lowest BCUT2D eigenvalue weighted by Crippen LogP contribution is -1.86. The second-order valence-corrected chi connectivity index (χ2v) is 3.73. The van der Waals surface area contributed by atoms with Crippen molar-refractivity contribution in [3.05, 3.63) is 23.5 Å². The molecule has 0 saturated heterocycles. The molecule has 0 aliphatic carbocycles. The fraction of sp³-hybridized carbons (Fsp3) is 0.200. The van der Waals surface area contributed by atoms with Crippen LogP contribution in [0.2, 0.25) is 0 Å². The summed E-state index contributed by atoms with van der Waals surface area (Å²) in [5, 5.41) is 18.5. The fourth-order valence-electron chi connectivity index (χ4n) is 1.88. The van der Waals surface area contributed by atoms with Crippen molar-refractivity contribution in [1.82, 2.24) is 30.6 Å². The summed E-state index contributed by atoms with van der Waals surface area (Å²) in [5.41, 5.74) is 4.41. The maximum absolute atomic E-state index is 4.37. The maximum atomic E-state index is 4.37. The molecule has 6 nitrogen and oxygen atoms in total. The molecule has 0 aliphatic heterocycles. The van der Waals surface area contributed by atoms with Crippen LogP contribution < -0.4 is 0 Å². The molecule has 0 amide bonds. The fourth-order valence-corrected chi connectivity index (χ4v) is 1.88. The van der Waals surface area contributed by atoms with Gasteiger partial charge in [0.25, 0.3) is 0 Å². The molecule has 0 unspecified atom stereocenters. The summed E-state index contributed by atoms with van der Waals surface area (Å²) in [7, 11) is 0. The second kappa shape index (κ2) is 3.13. The Morgan fingerprint density at radius 3 is 2.81 bits per heavy atom. The van der Waals surface area contributed by atoms with Gasteiger partial charge < -0.3 is 0 Å². The highest BCUT2D eigenvalue weighted by atomic mass is 15.3. The maximum Gasteiger partial charge on any atom is 0.182 e. The first-order valence-electron chi connectivity index (χ1n) is 4.94. The number of fused-ring (bicyclic) bond motifs is 1. The third-order valence-electron chi connectivity index (χ3n) is 2.52. The van der Waals surface area contributed by atoms with Crippen molar-refractivity contribution >= 4 is 11.0 Å². The van der Waals surface area contributed by atoms with Gasteiger partial charge in [0.1, 0.15) is 5.69 Å². The summed E-state index contributed by atoms with van der Waals surface area (Å²) in [6.45, 7) is 3.99. The van der Waals surface area contributed by atoms with Crippen molar-refractivity contribution in [2.45, 2.75) is 13.8 Å². The van der Waals surface area contributed by atoms with Crippen LogP contribution in [0, 0.1) is 13.8 Å². The number of rotatable bonds is 1. The van der Waals surface area contributed by atoms with E-state index in [9.17, 15) is 0 Å². The van der Waals surface area contributed by atoms with E-state index in [1.807, 2.05) is 19.9 Å². The average Bonchev–Trinajstić information content (AvgIpc) is 2.82. The zero-order valence-corrected chi connectivity index (χ0v) is 8.94. The standard InChI is InChI=1S/C10H10N6/c1-5-3-6(2)12-10-8(5)9(14-15-10)7-4-11-16-13-7/h3-4H,1-2H3,(H,11,13,16)(H,12,14,15). The van der Waals surface area contributed by atoms with E-state index in [1.165, 1.54) is 0 Å². The summed E-state index contributed by atoms with van der Waals surface area (Å²) >= 11 is 0. The molecule has 3 aromatic heterocycles. The van der Waals surface area contributed by atoms with Gasteiger partial charge >= 0.3 is 0 Å². The van der Waals surface area contributed by atoms with Crippen LogP contribution in [-0.2, 0) is 0 Å². The molecule has 0 aromatic carbocycles. The monoisotopic (exact) mass is 214 g/mol. The predicted molar refractivity (Wildman–Crippen MR) is 58.7 cm³/mol. The minimum atomic E-state index is 0.718. The second-order valence-electron chi connectivity index (χ2n) is 3.73. The van der Waals surface area contributed by atoms with Crippen LogP contribution in [0.4, 0.5) is 0 Å². The lowest BCUT2D eigenvalue weighted by Gasteiger charge is -1.98. The molecule has 80 valence electrons. The van der Waals surface area contributed by atoms with Crippen LogP contribution in [0.5, 0.6) is 0 Å². The zero-order valence-electron chi connectivity index (χ0n) is 8.94. The summed E-state index contributed by atoms with van der Waals surface area (Å²) in [6.07, 6.45) is 1.66. The largest absolute Gasteiger partial charge is 0.273 e. The molecule has 2 N–H and O–H groups in total. The van der Waals surface area contributed by atoms with E-state index in [2.05, 4.69) is 30.6 Å². The number of hydrogen-bond donors (Lipinski definition) is 2. The molecule has 0 fully saturated rings. The van der Waals surface area contributed by atoms with Gasteiger partial charge in [0.2, 0.25) is 0 Å². The van der Waals surface area contributed by atoms with E-state index < -0.39 is 0 Å². The van der Waals surface area contributed by atoms with Crippen LogP contribution in [0.25, 0.3) is 22.4 Å². The van der Waals surface area contributed by atoms with Crippen LogP contribution in [0.15, 0.2) is 12.3 Å². The van der Waals surface area contributed by atoms with Crippen molar-refractivity contribution < 1.29 is 0 Å². The number of aromatic nitrogens is 6. The van der Waals surface area contributed by atoms with Crippen molar-refractivity contribution in [3.8, 4) is 11.4 Å². The van der Waals surface area contributed by atoms with Gasteiger partial charge in [0.05, 0.1) is 17.3 Å². The van der Waals surface area contributed by atoms with E-state index in [1.54, 1.807) is 6.20 Å². The first-order valence-corrected chi connectivity index (χ1v) is 4.94. The molecule has 3 rings (SSSR count). The van der Waals surface area contributed by atoms with E-state index in [0.29, 0.717) is 0 Å². The van der Waals surface area contributed by atoms with Gasteiger partial charge in [-0.1, -0.05) is 0 Å². The van der Waals surface area contributed by atoms with Gasteiger partial charge in [0.15, 0.2) is 5.65 Å². The van der Waals surface area contributed by atoms with E-state index in [0.717, 1.165) is 33.7 Å². The Morgan fingerprint density at radius 1 is 1.19 bits per heavy atom. The number of aromatic amines is 2. The third kappa shape index (κ3) is 1.19. The quantitative estimate of drug-likeness (QED) is 0.640. The van der Waals surface area contributed by atoms with E-state index in [-0.39, 0.29) is 0 Å². The molecule has 3 heterocycles. The lowest BCUT2D eigenvalue weighted by atomic mass is 10.1. The normalized spacial score (nSPS) is 11.1. The first-order chi connectivity index (χ1) is 7.75. The number of aryl methyl sites for hydroxylation is 2. The highest BCUT2D eigenvalue weighted by Crippen LogP contribution is 2.26. The van der Waals surface area contributed by atoms with Gasteiger partial charge in [-0.15, -0.1) is 0 Å². The topological polar surface area (TPSA) is 83.1 Å². The predicted octanol–water partition coefficient (Wildman–Crippen LogP) is 1.36. The van der Waals surface area contributed by atoms with Gasteiger partial charge in [-0.3, -0.25) is 5.10 Å². The number of pyridine rings is 1. The Labute approximate surface area is 91.1 Å². The smallest absolute Gasteiger partial charge is 0.182 e. The Morgan fingerprint density at radius 2 is 2.06 bits per heavy atom. The highest BCUT2D eigenvalue weighted by molar-refractivity contribution is 5.92. The van der Waals surface area contributed by atoms with Gasteiger partial charge in [-0.05, 0) is 25.5 Å². The molecule has 6 heteroatoms. The molecule has 16 heavy (non-hydrogen) atoms. The van der Waals surface area contributed by atoms with Crippen LogP contribution >= 0.6 is 0 Å². The van der Waals surface area contributed by atoms with Crippen LogP contribution in [0.1, 0.15) is 11.3 Å². The van der Waals surface area contributed by atoms with E-state index >= 15 is 0 Å². The van der Waals surface area contributed by atoms with Crippen LogP contribution in [-0.4, -0.2) is 30.6 Å². The summed E-state index contributed by atoms with van der Waals surface area (Å²) in [4.78, 5) is 4.37. The highest BCUT2D eigenvalue weighted by Gasteiger charge is 2.13. The molecule has 0 spiro atoms. The summed E-state index contributed by atoms with van der Waals surface area (Å²) < 4.78 is 0. The molecule has 0 atom stereocenters. The van der Waals surface area contributed by atoms with Gasteiger partial charge in [-0.2, -0.15) is 20.5 Å². The molecular weight excluding hydrogens is 204 g/mol. The van der Waals surface area contributed by atoms with Crippen molar-refractivity contribution in [2.24, 2.45) is 0 Å².